The van der Waals surface area contributed by atoms with Crippen molar-refractivity contribution in [3.63, 3.8) is 0 Å². The van der Waals surface area contributed by atoms with Crippen molar-refractivity contribution in [2.45, 2.75) is 51.6 Å². The largest absolute Gasteiger partial charge is 0.394 e. The molecule has 2 rings (SSSR count). The lowest BCUT2D eigenvalue weighted by Gasteiger charge is -2.34. The number of nitrogens with zero attached hydrogens (tertiary/aromatic N) is 2. The van der Waals surface area contributed by atoms with E-state index in [1.807, 2.05) is 0 Å². The molecule has 20 heavy (non-hydrogen) atoms. The molecule has 2 fully saturated rings. The van der Waals surface area contributed by atoms with Crippen LogP contribution in [0.5, 0.6) is 0 Å². The number of rotatable bonds is 4. The fourth-order valence-electron chi connectivity index (χ4n) is 3.33. The number of aliphatic hydroxyl groups is 1. The Bertz CT molecular complexity index is 314. The highest BCUT2D eigenvalue weighted by Crippen LogP contribution is 2.18. The van der Waals surface area contributed by atoms with Crippen LogP contribution in [0.3, 0.4) is 0 Å². The Labute approximate surface area is 122 Å². The number of carbonyl (C=O) groups excluding carboxylic acids is 1. The van der Waals surface area contributed by atoms with Gasteiger partial charge in [-0.3, -0.25) is 0 Å². The van der Waals surface area contributed by atoms with Crippen LogP contribution in [0.4, 0.5) is 4.79 Å². The fraction of sp³-hybridized carbons (Fsp3) is 0.933. The molecule has 0 aromatic carbocycles. The molecule has 1 atom stereocenters. The highest BCUT2D eigenvalue weighted by atomic mass is 16.3. The van der Waals surface area contributed by atoms with E-state index in [-0.39, 0.29) is 18.7 Å². The predicted molar refractivity (Wildman–Crippen MR) is 79.6 cm³/mol. The molecule has 0 spiro atoms. The van der Waals surface area contributed by atoms with Gasteiger partial charge in [-0.1, -0.05) is 13.8 Å². The molecule has 0 aromatic rings. The van der Waals surface area contributed by atoms with Gasteiger partial charge in [-0.05, 0) is 31.6 Å². The second-order valence-corrected chi connectivity index (χ2v) is 6.59. The van der Waals surface area contributed by atoms with Crippen LogP contribution in [0.25, 0.3) is 0 Å². The summed E-state index contributed by atoms with van der Waals surface area (Å²) in [4.78, 5) is 16.5. The van der Waals surface area contributed by atoms with Crippen LogP contribution in [0.2, 0.25) is 0 Å². The highest BCUT2D eigenvalue weighted by molar-refractivity contribution is 5.75. The molecule has 5 heteroatoms. The van der Waals surface area contributed by atoms with E-state index in [1.165, 1.54) is 0 Å². The molecular formula is C15H29N3O2. The SMILES string of the molecule is CC(C)CN1CCC(NC(=O)N2CCCC2CO)CC1. The maximum Gasteiger partial charge on any atom is 0.317 e. The molecule has 2 aliphatic rings. The molecule has 2 saturated heterocycles. The van der Waals surface area contributed by atoms with E-state index in [4.69, 9.17) is 0 Å². The van der Waals surface area contributed by atoms with Crippen molar-refractivity contribution in [2.75, 3.05) is 32.8 Å². The summed E-state index contributed by atoms with van der Waals surface area (Å²) in [6.07, 6.45) is 4.01. The van der Waals surface area contributed by atoms with Crippen LogP contribution in [-0.2, 0) is 0 Å². The third-order valence-electron chi connectivity index (χ3n) is 4.39. The van der Waals surface area contributed by atoms with Crippen molar-refractivity contribution in [1.82, 2.24) is 15.1 Å². The number of urea groups is 1. The molecule has 2 N–H and O–H groups in total. The Kier molecular flexibility index (Phi) is 5.66. The number of nitrogens with one attached hydrogen (secondary N) is 1. The normalized spacial score (nSPS) is 25.4. The van der Waals surface area contributed by atoms with E-state index < -0.39 is 0 Å². The van der Waals surface area contributed by atoms with Gasteiger partial charge in [0.1, 0.15) is 0 Å². The lowest BCUT2D eigenvalue weighted by molar-refractivity contribution is 0.143. The maximum absolute atomic E-state index is 12.2. The van der Waals surface area contributed by atoms with Crippen LogP contribution >= 0.6 is 0 Å². The monoisotopic (exact) mass is 283 g/mol. The molecule has 2 amide bonds. The lowest BCUT2D eigenvalue weighted by Crippen LogP contribution is -2.51. The third-order valence-corrected chi connectivity index (χ3v) is 4.39. The van der Waals surface area contributed by atoms with E-state index >= 15 is 0 Å². The van der Waals surface area contributed by atoms with Gasteiger partial charge in [0, 0.05) is 32.2 Å². The molecular weight excluding hydrogens is 254 g/mol. The first-order valence-corrected chi connectivity index (χ1v) is 8.00. The Morgan fingerprint density at radius 1 is 1.25 bits per heavy atom. The highest BCUT2D eigenvalue weighted by Gasteiger charge is 2.30. The van der Waals surface area contributed by atoms with Crippen LogP contribution < -0.4 is 5.32 Å². The summed E-state index contributed by atoms with van der Waals surface area (Å²) in [6.45, 7) is 8.66. The number of hydrogen-bond donors (Lipinski definition) is 2. The second kappa shape index (κ2) is 7.27. The van der Waals surface area contributed by atoms with Gasteiger partial charge in [0.25, 0.3) is 0 Å². The Morgan fingerprint density at radius 2 is 1.95 bits per heavy atom. The van der Waals surface area contributed by atoms with Crippen LogP contribution in [0.15, 0.2) is 0 Å². The molecule has 0 radical (unpaired) electrons. The molecule has 0 aromatic heterocycles. The first-order valence-electron chi connectivity index (χ1n) is 8.00. The van der Waals surface area contributed by atoms with Gasteiger partial charge in [0.2, 0.25) is 0 Å². The van der Waals surface area contributed by atoms with Crippen LogP contribution in [-0.4, -0.2) is 65.8 Å². The van der Waals surface area contributed by atoms with Crippen molar-refractivity contribution in [3.8, 4) is 0 Å². The second-order valence-electron chi connectivity index (χ2n) is 6.59. The zero-order chi connectivity index (χ0) is 14.5. The molecule has 0 bridgehead atoms. The average Bonchev–Trinajstić information content (AvgIpc) is 2.89. The van der Waals surface area contributed by atoms with Crippen molar-refractivity contribution in [1.29, 1.82) is 0 Å². The Balaban J connectivity index is 1.73. The van der Waals surface area contributed by atoms with E-state index in [0.717, 1.165) is 51.9 Å². The Hall–Kier alpha value is -0.810. The summed E-state index contributed by atoms with van der Waals surface area (Å²) in [5.74, 6) is 0.705. The smallest absolute Gasteiger partial charge is 0.317 e. The number of hydrogen-bond acceptors (Lipinski definition) is 3. The summed E-state index contributed by atoms with van der Waals surface area (Å²) in [6, 6.07) is 0.339. The molecule has 5 nitrogen and oxygen atoms in total. The van der Waals surface area contributed by atoms with E-state index in [2.05, 4.69) is 24.1 Å². The zero-order valence-corrected chi connectivity index (χ0v) is 12.8. The van der Waals surface area contributed by atoms with Gasteiger partial charge in [-0.15, -0.1) is 0 Å². The van der Waals surface area contributed by atoms with Gasteiger partial charge in [0.05, 0.1) is 12.6 Å². The summed E-state index contributed by atoms with van der Waals surface area (Å²) >= 11 is 0. The number of likely N-dealkylation sites (tertiary alicyclic amines) is 2. The van der Waals surface area contributed by atoms with Crippen LogP contribution in [0.1, 0.15) is 39.5 Å². The first kappa shape index (κ1) is 15.6. The average molecular weight is 283 g/mol. The quantitative estimate of drug-likeness (QED) is 0.817. The van der Waals surface area contributed by atoms with Crippen LogP contribution in [0, 0.1) is 5.92 Å². The third kappa shape index (κ3) is 4.09. The van der Waals surface area contributed by atoms with E-state index in [1.54, 1.807) is 4.90 Å². The van der Waals surface area contributed by atoms with Gasteiger partial charge in [-0.2, -0.15) is 0 Å². The molecule has 2 aliphatic heterocycles. The van der Waals surface area contributed by atoms with Gasteiger partial charge < -0.3 is 20.2 Å². The maximum atomic E-state index is 12.2. The minimum absolute atomic E-state index is 0.0175. The standard InChI is InChI=1S/C15H29N3O2/c1-12(2)10-17-8-5-13(6-9-17)16-15(20)18-7-3-4-14(18)11-19/h12-14,19H,3-11H2,1-2H3,(H,16,20). The summed E-state index contributed by atoms with van der Waals surface area (Å²) in [7, 11) is 0. The first-order chi connectivity index (χ1) is 9.60. The molecule has 0 aliphatic carbocycles. The van der Waals surface area contributed by atoms with E-state index in [0.29, 0.717) is 12.0 Å². The number of piperidine rings is 1. The number of aliphatic hydroxyl groups excluding tert-OH is 1. The van der Waals surface area contributed by atoms with Gasteiger partial charge in [0.15, 0.2) is 0 Å². The molecule has 116 valence electrons. The summed E-state index contributed by atoms with van der Waals surface area (Å²) in [5.41, 5.74) is 0. The summed E-state index contributed by atoms with van der Waals surface area (Å²) < 4.78 is 0. The van der Waals surface area contributed by atoms with Crippen molar-refractivity contribution in [3.05, 3.63) is 0 Å². The molecule has 0 saturated carbocycles. The minimum Gasteiger partial charge on any atom is -0.394 e. The minimum atomic E-state index is 0.0175. The predicted octanol–water partition coefficient (Wildman–Crippen LogP) is 1.27. The van der Waals surface area contributed by atoms with Crippen molar-refractivity contribution in [2.24, 2.45) is 5.92 Å². The fourth-order valence-corrected chi connectivity index (χ4v) is 3.33. The van der Waals surface area contributed by atoms with Gasteiger partial charge in [-0.25, -0.2) is 4.79 Å². The number of amides is 2. The van der Waals surface area contributed by atoms with Crippen molar-refractivity contribution >= 4 is 6.03 Å². The Morgan fingerprint density at radius 3 is 2.55 bits per heavy atom. The number of carbonyl (C=O) groups is 1. The topological polar surface area (TPSA) is 55.8 Å². The summed E-state index contributed by atoms with van der Waals surface area (Å²) in [5, 5.41) is 12.4. The lowest BCUT2D eigenvalue weighted by atomic mass is 10.0. The molecule has 2 heterocycles. The van der Waals surface area contributed by atoms with Gasteiger partial charge >= 0.3 is 6.03 Å². The van der Waals surface area contributed by atoms with Crippen molar-refractivity contribution < 1.29 is 9.90 Å². The van der Waals surface area contributed by atoms with E-state index in [9.17, 15) is 9.90 Å². The molecule has 1 unspecified atom stereocenters. The zero-order valence-electron chi connectivity index (χ0n) is 12.8.